The lowest BCUT2D eigenvalue weighted by Gasteiger charge is -2.23. The second-order valence-corrected chi connectivity index (χ2v) is 10.1. The van der Waals surface area contributed by atoms with E-state index >= 15 is 0 Å². The third kappa shape index (κ3) is 5.18. The molecule has 0 aliphatic heterocycles. The van der Waals surface area contributed by atoms with Crippen LogP contribution in [0.3, 0.4) is 0 Å². The zero-order chi connectivity index (χ0) is 26.7. The van der Waals surface area contributed by atoms with Gasteiger partial charge in [-0.3, -0.25) is 14.5 Å². The summed E-state index contributed by atoms with van der Waals surface area (Å²) < 4.78 is 34.7. The van der Waals surface area contributed by atoms with E-state index in [1.54, 1.807) is 79.2 Å². The van der Waals surface area contributed by atoms with Crippen LogP contribution in [0.2, 0.25) is 0 Å². The van der Waals surface area contributed by atoms with E-state index in [9.17, 15) is 18.3 Å². The molecule has 0 saturated heterocycles. The summed E-state index contributed by atoms with van der Waals surface area (Å²) >= 11 is 0. The highest BCUT2D eigenvalue weighted by molar-refractivity contribution is 7.92. The van der Waals surface area contributed by atoms with Crippen LogP contribution < -0.4 is 10.0 Å². The van der Waals surface area contributed by atoms with E-state index in [0.717, 1.165) is 4.31 Å². The molecule has 0 bridgehead atoms. The molecule has 10 nitrogen and oxygen atoms in total. The molecule has 0 fully saturated rings. The standard InChI is InChI=1S/C26H27N5O5S/c1-3-36-23(32)16-31(37(34,35)20-7-5-4-6-8-20)19-13-14-22-21(15-19)29-26(30(22)2)24(33)17-9-11-18(12-10-17)25(27)28/h4-15,24,33H,3,16H2,1-2H3,(H3,27,28). The monoisotopic (exact) mass is 521 g/mol. The number of aliphatic hydroxyl groups is 1. The Bertz CT molecular complexity index is 1550. The molecule has 37 heavy (non-hydrogen) atoms. The van der Waals surface area contributed by atoms with Crippen LogP contribution in [-0.4, -0.2) is 48.0 Å². The maximum Gasteiger partial charge on any atom is 0.326 e. The van der Waals surface area contributed by atoms with Gasteiger partial charge in [0, 0.05) is 12.6 Å². The first-order chi connectivity index (χ1) is 17.6. The van der Waals surface area contributed by atoms with Gasteiger partial charge in [0.25, 0.3) is 10.0 Å². The lowest BCUT2D eigenvalue weighted by molar-refractivity contribution is -0.141. The Morgan fingerprint density at radius 2 is 1.81 bits per heavy atom. The number of nitrogens with two attached hydrogens (primary N) is 1. The van der Waals surface area contributed by atoms with E-state index in [0.29, 0.717) is 28.0 Å². The number of nitrogens with one attached hydrogen (secondary N) is 1. The van der Waals surface area contributed by atoms with Gasteiger partial charge in [-0.15, -0.1) is 0 Å². The highest BCUT2D eigenvalue weighted by Crippen LogP contribution is 2.30. The number of amidine groups is 1. The molecule has 3 aromatic carbocycles. The minimum atomic E-state index is -4.09. The molecule has 1 atom stereocenters. The second-order valence-electron chi connectivity index (χ2n) is 8.27. The van der Waals surface area contributed by atoms with Crippen molar-refractivity contribution in [2.75, 3.05) is 17.5 Å². The van der Waals surface area contributed by atoms with Crippen molar-refractivity contribution in [1.29, 1.82) is 5.41 Å². The van der Waals surface area contributed by atoms with Crippen molar-refractivity contribution in [3.05, 3.63) is 89.7 Å². The number of nitrogens with zero attached hydrogens (tertiary/aromatic N) is 3. The summed E-state index contributed by atoms with van der Waals surface area (Å²) in [6.07, 6.45) is -1.08. The number of nitrogen functional groups attached to an aromatic ring is 1. The molecule has 1 heterocycles. The number of ether oxygens (including phenoxy) is 1. The molecule has 1 unspecified atom stereocenters. The summed E-state index contributed by atoms with van der Waals surface area (Å²) in [6.45, 7) is 1.25. The Morgan fingerprint density at radius 1 is 1.14 bits per heavy atom. The highest BCUT2D eigenvalue weighted by Gasteiger charge is 2.28. The highest BCUT2D eigenvalue weighted by atomic mass is 32.2. The summed E-state index contributed by atoms with van der Waals surface area (Å²) in [7, 11) is -2.34. The number of rotatable bonds is 9. The topological polar surface area (TPSA) is 152 Å². The van der Waals surface area contributed by atoms with Gasteiger partial charge in [0.05, 0.1) is 28.2 Å². The van der Waals surface area contributed by atoms with Crippen molar-refractivity contribution in [1.82, 2.24) is 9.55 Å². The van der Waals surface area contributed by atoms with Crippen LogP contribution in [0, 0.1) is 5.41 Å². The van der Waals surface area contributed by atoms with Crippen LogP contribution in [0.4, 0.5) is 5.69 Å². The number of benzene rings is 3. The maximum atomic E-state index is 13.5. The normalized spacial score (nSPS) is 12.3. The predicted octanol–water partition coefficient (Wildman–Crippen LogP) is 2.70. The van der Waals surface area contributed by atoms with E-state index in [4.69, 9.17) is 15.9 Å². The Labute approximate surface area is 214 Å². The van der Waals surface area contributed by atoms with Gasteiger partial charge in [0.15, 0.2) is 0 Å². The first-order valence-electron chi connectivity index (χ1n) is 11.5. The first-order valence-corrected chi connectivity index (χ1v) is 12.9. The van der Waals surface area contributed by atoms with E-state index in [-0.39, 0.29) is 23.0 Å². The van der Waals surface area contributed by atoms with Gasteiger partial charge in [-0.1, -0.05) is 42.5 Å². The average molecular weight is 522 g/mol. The van der Waals surface area contributed by atoms with Gasteiger partial charge in [0.1, 0.15) is 24.3 Å². The van der Waals surface area contributed by atoms with Gasteiger partial charge >= 0.3 is 5.97 Å². The molecule has 4 aromatic rings. The van der Waals surface area contributed by atoms with Crippen LogP contribution >= 0.6 is 0 Å². The number of sulfonamides is 1. The SMILES string of the molecule is CCOC(=O)CN(c1ccc2c(c1)nc(C(O)c1ccc(C(=N)N)cc1)n2C)S(=O)(=O)c1ccccc1. The Balaban J connectivity index is 1.75. The minimum absolute atomic E-state index is 0.0329. The number of hydrogen-bond acceptors (Lipinski definition) is 7. The molecule has 0 radical (unpaired) electrons. The Morgan fingerprint density at radius 3 is 2.43 bits per heavy atom. The lowest BCUT2D eigenvalue weighted by Crippen LogP contribution is -2.36. The Kier molecular flexibility index (Phi) is 7.28. The maximum absolute atomic E-state index is 13.5. The van der Waals surface area contributed by atoms with Gasteiger partial charge in [-0.05, 0) is 42.8 Å². The number of hydrogen-bond donors (Lipinski definition) is 3. The third-order valence-corrected chi connectivity index (χ3v) is 7.67. The number of carbonyl (C=O) groups excluding carboxylic acids is 1. The van der Waals surface area contributed by atoms with Gasteiger partial charge < -0.3 is 20.1 Å². The number of anilines is 1. The largest absolute Gasteiger partial charge is 0.465 e. The minimum Gasteiger partial charge on any atom is -0.465 e. The molecule has 0 aliphatic carbocycles. The average Bonchev–Trinajstić information content (AvgIpc) is 3.23. The number of aromatic nitrogens is 2. The quantitative estimate of drug-likeness (QED) is 0.174. The van der Waals surface area contributed by atoms with E-state index in [1.807, 2.05) is 0 Å². The Hall–Kier alpha value is -4.22. The molecule has 4 rings (SSSR count). The molecule has 11 heteroatoms. The van der Waals surface area contributed by atoms with Crippen molar-refractivity contribution in [3.8, 4) is 0 Å². The van der Waals surface area contributed by atoms with Crippen molar-refractivity contribution >= 4 is 38.5 Å². The van der Waals surface area contributed by atoms with Gasteiger partial charge in [-0.2, -0.15) is 0 Å². The van der Waals surface area contributed by atoms with Crippen LogP contribution in [-0.2, 0) is 26.6 Å². The van der Waals surface area contributed by atoms with E-state index in [2.05, 4.69) is 4.98 Å². The fourth-order valence-corrected chi connectivity index (χ4v) is 5.38. The molecule has 4 N–H and O–H groups in total. The molecule has 0 amide bonds. The van der Waals surface area contributed by atoms with Crippen molar-refractivity contribution < 1.29 is 23.1 Å². The summed E-state index contributed by atoms with van der Waals surface area (Å²) in [4.78, 5) is 16.9. The van der Waals surface area contributed by atoms with Crippen LogP contribution in [0.1, 0.15) is 30.0 Å². The molecule has 192 valence electrons. The zero-order valence-electron chi connectivity index (χ0n) is 20.3. The number of carbonyl (C=O) groups is 1. The van der Waals surface area contributed by atoms with Gasteiger partial charge in [-0.25, -0.2) is 13.4 Å². The summed E-state index contributed by atoms with van der Waals surface area (Å²) in [5.41, 5.74) is 7.92. The molecular formula is C26H27N5O5S. The number of fused-ring (bicyclic) bond motifs is 1. The van der Waals surface area contributed by atoms with E-state index < -0.39 is 28.6 Å². The number of imidazole rings is 1. The smallest absolute Gasteiger partial charge is 0.326 e. The summed E-state index contributed by atoms with van der Waals surface area (Å²) in [5.74, 6) is -0.423. The third-order valence-electron chi connectivity index (χ3n) is 5.88. The van der Waals surface area contributed by atoms with Crippen LogP contribution in [0.5, 0.6) is 0 Å². The fourth-order valence-electron chi connectivity index (χ4n) is 3.96. The molecule has 1 aromatic heterocycles. The number of aryl methyl sites for hydroxylation is 1. The summed E-state index contributed by atoms with van der Waals surface area (Å²) in [6, 6.07) is 19.3. The second kappa shape index (κ2) is 10.4. The summed E-state index contributed by atoms with van der Waals surface area (Å²) in [5, 5.41) is 18.5. The molecule has 0 saturated carbocycles. The van der Waals surface area contributed by atoms with E-state index in [1.165, 1.54) is 12.1 Å². The first kappa shape index (κ1) is 25.9. The lowest BCUT2D eigenvalue weighted by atomic mass is 10.1. The van der Waals surface area contributed by atoms with Crippen molar-refractivity contribution in [2.45, 2.75) is 17.9 Å². The molecular weight excluding hydrogens is 494 g/mol. The van der Waals surface area contributed by atoms with Crippen molar-refractivity contribution in [3.63, 3.8) is 0 Å². The fraction of sp³-hybridized carbons (Fsp3) is 0.192. The van der Waals surface area contributed by atoms with Crippen LogP contribution in [0.25, 0.3) is 11.0 Å². The zero-order valence-corrected chi connectivity index (χ0v) is 21.1. The van der Waals surface area contributed by atoms with Crippen LogP contribution in [0.15, 0.2) is 77.7 Å². The van der Waals surface area contributed by atoms with Crippen molar-refractivity contribution in [2.24, 2.45) is 12.8 Å². The predicted molar refractivity (Wildman–Crippen MR) is 140 cm³/mol. The number of esters is 1. The molecule has 0 spiro atoms. The number of aliphatic hydroxyl groups excluding tert-OH is 1. The van der Waals surface area contributed by atoms with Gasteiger partial charge in [0.2, 0.25) is 0 Å². The molecule has 0 aliphatic rings.